The Morgan fingerprint density at radius 1 is 1.07 bits per heavy atom. The van der Waals surface area contributed by atoms with Crippen molar-refractivity contribution in [3.8, 4) is 0 Å². The van der Waals surface area contributed by atoms with Gasteiger partial charge in [-0.15, -0.1) is 0 Å². The smallest absolute Gasteiger partial charge is 0.315 e. The van der Waals surface area contributed by atoms with E-state index in [4.69, 9.17) is 10.6 Å². The van der Waals surface area contributed by atoms with Crippen LogP contribution in [0.25, 0.3) is 0 Å². The number of hydrogen-bond donors (Lipinski definition) is 3. The average molecular weight is 421 g/mol. The second kappa shape index (κ2) is 16.0. The number of rotatable bonds is 15. The lowest BCUT2D eigenvalue weighted by atomic mass is 10.1. The van der Waals surface area contributed by atoms with E-state index in [-0.39, 0.29) is 6.03 Å². The number of amides is 2. The molecule has 8 heteroatoms. The topological polar surface area (TPSA) is 95.8 Å². The summed E-state index contributed by atoms with van der Waals surface area (Å²) in [5.41, 5.74) is 1.00. The Labute approximate surface area is 181 Å². The van der Waals surface area contributed by atoms with Crippen molar-refractivity contribution in [3.05, 3.63) is 30.1 Å². The Hall–Kier alpha value is -1.74. The lowest BCUT2D eigenvalue weighted by molar-refractivity contribution is 0.0361. The molecule has 0 aromatic carbocycles. The van der Waals surface area contributed by atoms with Crippen LogP contribution in [0.2, 0.25) is 0 Å². The first-order valence-electron chi connectivity index (χ1n) is 11.4. The highest BCUT2D eigenvalue weighted by atomic mass is 16.5. The molecule has 1 saturated heterocycles. The van der Waals surface area contributed by atoms with Crippen molar-refractivity contribution < 1.29 is 9.53 Å². The molecule has 0 unspecified atom stereocenters. The molecule has 1 aromatic rings. The van der Waals surface area contributed by atoms with Gasteiger partial charge in [-0.2, -0.15) is 0 Å². The van der Waals surface area contributed by atoms with Crippen molar-refractivity contribution in [3.63, 3.8) is 0 Å². The predicted octanol–water partition coefficient (Wildman–Crippen LogP) is 2.12. The monoisotopic (exact) mass is 420 g/mol. The van der Waals surface area contributed by atoms with Crippen LogP contribution in [-0.4, -0.2) is 73.4 Å². The molecule has 170 valence electrons. The molecule has 0 aliphatic carbocycles. The Morgan fingerprint density at radius 2 is 1.80 bits per heavy atom. The molecule has 0 bridgehead atoms. The van der Waals surface area contributed by atoms with Crippen molar-refractivity contribution in [2.24, 2.45) is 5.84 Å². The van der Waals surface area contributed by atoms with Gasteiger partial charge in [-0.25, -0.2) is 9.80 Å². The summed E-state index contributed by atoms with van der Waals surface area (Å²) in [7, 11) is 0. The molecule has 30 heavy (non-hydrogen) atoms. The van der Waals surface area contributed by atoms with E-state index in [2.05, 4.69) is 20.5 Å². The van der Waals surface area contributed by atoms with E-state index in [0.29, 0.717) is 6.54 Å². The van der Waals surface area contributed by atoms with E-state index in [1.165, 1.54) is 19.3 Å². The van der Waals surface area contributed by atoms with Crippen LogP contribution in [0.1, 0.15) is 50.5 Å². The van der Waals surface area contributed by atoms with Crippen LogP contribution in [0.5, 0.6) is 0 Å². The molecule has 0 radical (unpaired) electrons. The van der Waals surface area contributed by atoms with Gasteiger partial charge < -0.3 is 15.4 Å². The molecular weight excluding hydrogens is 380 g/mol. The summed E-state index contributed by atoms with van der Waals surface area (Å²) in [6.45, 7) is 8.11. The average Bonchev–Trinajstić information content (AvgIpc) is 2.78. The van der Waals surface area contributed by atoms with Crippen LogP contribution in [0.3, 0.4) is 0 Å². The fraction of sp³-hybridized carbons (Fsp3) is 0.727. The zero-order valence-corrected chi connectivity index (χ0v) is 18.4. The number of nitrogens with one attached hydrogen (secondary N) is 2. The third kappa shape index (κ3) is 12.1. The molecule has 0 spiro atoms. The van der Waals surface area contributed by atoms with Crippen LogP contribution < -0.4 is 16.5 Å². The molecule has 1 fully saturated rings. The normalized spacial score (nSPS) is 14.7. The Balaban J connectivity index is 1.32. The lowest BCUT2D eigenvalue weighted by Gasteiger charge is -2.27. The first-order valence-corrected chi connectivity index (χ1v) is 11.4. The second-order valence-electron chi connectivity index (χ2n) is 7.94. The maximum atomic E-state index is 11.8. The van der Waals surface area contributed by atoms with Crippen molar-refractivity contribution in [2.45, 2.75) is 51.5 Å². The van der Waals surface area contributed by atoms with Crippen LogP contribution in [-0.2, 0) is 11.3 Å². The second-order valence-corrected chi connectivity index (χ2v) is 7.94. The number of pyridine rings is 1. The zero-order valence-electron chi connectivity index (χ0n) is 18.4. The van der Waals surface area contributed by atoms with Crippen molar-refractivity contribution >= 4 is 6.03 Å². The minimum Gasteiger partial charge on any atom is -0.379 e. The number of morpholine rings is 1. The van der Waals surface area contributed by atoms with Gasteiger partial charge in [-0.3, -0.25) is 15.7 Å². The molecule has 2 rings (SSSR count). The maximum Gasteiger partial charge on any atom is 0.315 e. The van der Waals surface area contributed by atoms with Gasteiger partial charge in [0.2, 0.25) is 0 Å². The van der Waals surface area contributed by atoms with Gasteiger partial charge in [-0.05, 0) is 37.4 Å². The van der Waals surface area contributed by atoms with Gasteiger partial charge >= 0.3 is 6.03 Å². The van der Waals surface area contributed by atoms with E-state index in [1.807, 2.05) is 17.1 Å². The summed E-state index contributed by atoms with van der Waals surface area (Å²) in [6, 6.07) is 3.70. The number of unbranched alkanes of at least 4 members (excludes halogenated alkanes) is 5. The standard InChI is InChI=1S/C22H40N6O2/c23-28(14-8-12-27-15-17-30-18-16-27)13-6-4-2-1-3-5-11-25-22(29)26-20-21-9-7-10-24-19-21/h7,9-10,19H,1-6,8,11-18,20,23H2,(H2,25,26,29). The zero-order chi connectivity index (χ0) is 21.3. The summed E-state index contributed by atoms with van der Waals surface area (Å²) in [5.74, 6) is 6.10. The minimum atomic E-state index is -0.115. The van der Waals surface area contributed by atoms with E-state index in [1.54, 1.807) is 12.4 Å². The molecule has 1 aliphatic rings. The Morgan fingerprint density at radius 3 is 2.57 bits per heavy atom. The highest BCUT2D eigenvalue weighted by Gasteiger charge is 2.09. The molecule has 1 aromatic heterocycles. The summed E-state index contributed by atoms with van der Waals surface area (Å²) in [4.78, 5) is 18.2. The molecule has 2 amide bonds. The third-order valence-electron chi connectivity index (χ3n) is 5.36. The van der Waals surface area contributed by atoms with E-state index in [9.17, 15) is 4.79 Å². The summed E-state index contributed by atoms with van der Waals surface area (Å²) in [6.07, 6.45) is 11.6. The number of carbonyl (C=O) groups is 1. The highest BCUT2D eigenvalue weighted by Crippen LogP contribution is 2.06. The first-order chi connectivity index (χ1) is 14.7. The SMILES string of the molecule is NN(CCCCCCCCNC(=O)NCc1cccnc1)CCCN1CCOCC1. The fourth-order valence-corrected chi connectivity index (χ4v) is 3.53. The predicted molar refractivity (Wildman–Crippen MR) is 120 cm³/mol. The number of aromatic nitrogens is 1. The number of hydrazine groups is 1. The van der Waals surface area contributed by atoms with E-state index < -0.39 is 0 Å². The first kappa shape index (κ1) is 24.5. The van der Waals surface area contributed by atoms with Crippen molar-refractivity contribution in [1.29, 1.82) is 0 Å². The van der Waals surface area contributed by atoms with Gasteiger partial charge in [0.1, 0.15) is 0 Å². The van der Waals surface area contributed by atoms with Crippen molar-refractivity contribution in [1.82, 2.24) is 25.5 Å². The van der Waals surface area contributed by atoms with Gasteiger partial charge in [0.15, 0.2) is 0 Å². The number of ether oxygens (including phenoxy) is 1. The molecule has 0 atom stereocenters. The van der Waals surface area contributed by atoms with Crippen LogP contribution in [0, 0.1) is 0 Å². The molecule has 8 nitrogen and oxygen atoms in total. The van der Waals surface area contributed by atoms with Crippen molar-refractivity contribution in [2.75, 3.05) is 52.5 Å². The lowest BCUT2D eigenvalue weighted by Crippen LogP contribution is -2.39. The van der Waals surface area contributed by atoms with Crippen LogP contribution >= 0.6 is 0 Å². The Bertz CT molecular complexity index is 554. The quantitative estimate of drug-likeness (QED) is 0.229. The van der Waals surface area contributed by atoms with E-state index in [0.717, 1.165) is 83.7 Å². The Kier molecular flexibility index (Phi) is 13.1. The van der Waals surface area contributed by atoms with Crippen LogP contribution in [0.4, 0.5) is 4.79 Å². The number of carbonyl (C=O) groups excluding carboxylic acids is 1. The minimum absolute atomic E-state index is 0.115. The maximum absolute atomic E-state index is 11.8. The molecule has 4 N–H and O–H groups in total. The van der Waals surface area contributed by atoms with Crippen LogP contribution in [0.15, 0.2) is 24.5 Å². The largest absolute Gasteiger partial charge is 0.379 e. The summed E-state index contributed by atoms with van der Waals surface area (Å²) in [5, 5.41) is 7.72. The summed E-state index contributed by atoms with van der Waals surface area (Å²) < 4.78 is 5.37. The molecular formula is C22H40N6O2. The number of hydrogen-bond acceptors (Lipinski definition) is 6. The summed E-state index contributed by atoms with van der Waals surface area (Å²) >= 11 is 0. The number of urea groups is 1. The number of nitrogens with two attached hydrogens (primary N) is 1. The van der Waals surface area contributed by atoms with Gasteiger partial charge in [-0.1, -0.05) is 31.7 Å². The van der Waals surface area contributed by atoms with E-state index >= 15 is 0 Å². The van der Waals surface area contributed by atoms with Gasteiger partial charge in [0, 0.05) is 51.7 Å². The molecule has 0 saturated carbocycles. The van der Waals surface area contributed by atoms with Gasteiger partial charge in [0.05, 0.1) is 13.2 Å². The third-order valence-corrected chi connectivity index (χ3v) is 5.36. The molecule has 2 heterocycles. The highest BCUT2D eigenvalue weighted by molar-refractivity contribution is 5.73. The fourth-order valence-electron chi connectivity index (χ4n) is 3.53. The number of nitrogens with zero attached hydrogens (tertiary/aromatic N) is 3. The van der Waals surface area contributed by atoms with Gasteiger partial charge in [0.25, 0.3) is 0 Å². The molecule has 1 aliphatic heterocycles.